The van der Waals surface area contributed by atoms with Crippen molar-refractivity contribution in [2.75, 3.05) is 6.54 Å². The summed E-state index contributed by atoms with van der Waals surface area (Å²) in [5, 5.41) is 12.1. The number of rotatable bonds is 3. The maximum Gasteiger partial charge on any atom is 0.252 e. The van der Waals surface area contributed by atoms with Crippen molar-refractivity contribution >= 4 is 21.8 Å². The third-order valence-electron chi connectivity index (χ3n) is 1.70. The van der Waals surface area contributed by atoms with Crippen LogP contribution in [0, 0.1) is 0 Å². The molecule has 1 aromatic rings. The Morgan fingerprint density at radius 3 is 2.87 bits per heavy atom. The van der Waals surface area contributed by atoms with E-state index in [-0.39, 0.29) is 12.5 Å². The zero-order valence-electron chi connectivity index (χ0n) is 8.62. The van der Waals surface area contributed by atoms with Gasteiger partial charge < -0.3 is 10.4 Å². The molecule has 0 spiro atoms. The molecule has 0 aliphatic heterocycles. The Morgan fingerprint density at radius 2 is 2.33 bits per heavy atom. The summed E-state index contributed by atoms with van der Waals surface area (Å²) in [5.41, 5.74) is -0.399. The quantitative estimate of drug-likeness (QED) is 0.873. The van der Waals surface area contributed by atoms with E-state index in [0.717, 1.165) is 0 Å². The van der Waals surface area contributed by atoms with Gasteiger partial charge in [0, 0.05) is 23.4 Å². The molecule has 1 amide bonds. The molecule has 4 nitrogen and oxygen atoms in total. The number of carbonyl (C=O) groups is 1. The molecule has 1 rings (SSSR count). The van der Waals surface area contributed by atoms with Gasteiger partial charge in [0.1, 0.15) is 0 Å². The summed E-state index contributed by atoms with van der Waals surface area (Å²) in [7, 11) is 0. The van der Waals surface area contributed by atoms with Gasteiger partial charge in [0.2, 0.25) is 0 Å². The van der Waals surface area contributed by atoms with Crippen molar-refractivity contribution in [3.63, 3.8) is 0 Å². The minimum atomic E-state index is -0.908. The van der Waals surface area contributed by atoms with E-state index < -0.39 is 5.60 Å². The number of nitrogens with one attached hydrogen (secondary N) is 1. The van der Waals surface area contributed by atoms with Gasteiger partial charge in [-0.2, -0.15) is 0 Å². The predicted octanol–water partition coefficient (Wildman–Crippen LogP) is 1.34. The summed E-state index contributed by atoms with van der Waals surface area (Å²) in [6, 6.07) is 1.61. The van der Waals surface area contributed by atoms with Crippen molar-refractivity contribution in [3.05, 3.63) is 28.5 Å². The van der Waals surface area contributed by atoms with Gasteiger partial charge in [-0.25, -0.2) is 0 Å². The van der Waals surface area contributed by atoms with Gasteiger partial charge in [0.25, 0.3) is 5.91 Å². The molecule has 0 fully saturated rings. The lowest BCUT2D eigenvalue weighted by Crippen LogP contribution is -2.38. The highest BCUT2D eigenvalue weighted by atomic mass is 79.9. The van der Waals surface area contributed by atoms with Gasteiger partial charge >= 0.3 is 0 Å². The number of pyridine rings is 1. The van der Waals surface area contributed by atoms with Crippen molar-refractivity contribution in [1.82, 2.24) is 10.3 Å². The largest absolute Gasteiger partial charge is 0.389 e. The molecule has 5 heteroatoms. The van der Waals surface area contributed by atoms with Gasteiger partial charge in [-0.1, -0.05) is 0 Å². The van der Waals surface area contributed by atoms with E-state index in [0.29, 0.717) is 10.0 Å². The molecule has 0 aliphatic rings. The van der Waals surface area contributed by atoms with E-state index in [2.05, 4.69) is 26.2 Å². The van der Waals surface area contributed by atoms with E-state index in [1.165, 1.54) is 0 Å². The number of hydrogen-bond donors (Lipinski definition) is 2. The van der Waals surface area contributed by atoms with Crippen LogP contribution in [0.5, 0.6) is 0 Å². The third-order valence-corrected chi connectivity index (χ3v) is 2.33. The molecule has 1 aromatic heterocycles. The van der Waals surface area contributed by atoms with Crippen LogP contribution < -0.4 is 5.32 Å². The summed E-state index contributed by atoms with van der Waals surface area (Å²) in [6.45, 7) is 3.48. The Morgan fingerprint density at radius 1 is 1.67 bits per heavy atom. The number of aromatic nitrogens is 1. The van der Waals surface area contributed by atoms with E-state index in [4.69, 9.17) is 0 Å². The fourth-order valence-corrected chi connectivity index (χ4v) is 1.38. The second-order valence-corrected chi connectivity index (χ2v) is 4.70. The molecule has 1 heterocycles. The lowest BCUT2D eigenvalue weighted by atomic mass is 10.1. The van der Waals surface area contributed by atoms with Gasteiger partial charge in [-0.3, -0.25) is 9.78 Å². The highest BCUT2D eigenvalue weighted by molar-refractivity contribution is 9.10. The van der Waals surface area contributed by atoms with Gasteiger partial charge in [-0.15, -0.1) is 0 Å². The molecule has 0 aromatic carbocycles. The van der Waals surface area contributed by atoms with Crippen LogP contribution in [0.25, 0.3) is 0 Å². The summed E-state index contributed by atoms with van der Waals surface area (Å²) in [4.78, 5) is 15.5. The molecule has 15 heavy (non-hydrogen) atoms. The SMILES string of the molecule is CC(C)(O)CNC(=O)c1ccncc1Br. The topological polar surface area (TPSA) is 62.2 Å². The Hall–Kier alpha value is -0.940. The first-order chi connectivity index (χ1) is 6.90. The molecule has 0 aliphatic carbocycles. The van der Waals surface area contributed by atoms with Crippen LogP contribution in [-0.4, -0.2) is 28.1 Å². The Kier molecular flexibility index (Phi) is 3.82. The van der Waals surface area contributed by atoms with Crippen molar-refractivity contribution in [2.24, 2.45) is 0 Å². The predicted molar refractivity (Wildman–Crippen MR) is 60.6 cm³/mol. The van der Waals surface area contributed by atoms with E-state index >= 15 is 0 Å². The lowest BCUT2D eigenvalue weighted by molar-refractivity contribution is 0.0694. The minimum absolute atomic E-state index is 0.209. The number of nitrogens with zero attached hydrogens (tertiary/aromatic N) is 1. The van der Waals surface area contributed by atoms with Crippen molar-refractivity contribution in [1.29, 1.82) is 0 Å². The van der Waals surface area contributed by atoms with Crippen molar-refractivity contribution in [2.45, 2.75) is 19.4 Å². The van der Waals surface area contributed by atoms with E-state index in [1.54, 1.807) is 32.3 Å². The number of halogens is 1. The zero-order valence-corrected chi connectivity index (χ0v) is 10.2. The summed E-state index contributed by atoms with van der Waals surface area (Å²) >= 11 is 3.23. The van der Waals surface area contributed by atoms with Crippen LogP contribution in [0.15, 0.2) is 22.9 Å². The van der Waals surface area contributed by atoms with Gasteiger partial charge in [0.05, 0.1) is 11.2 Å². The average molecular weight is 273 g/mol. The van der Waals surface area contributed by atoms with Gasteiger partial charge in [-0.05, 0) is 35.8 Å². The molecule has 0 bridgehead atoms. The lowest BCUT2D eigenvalue weighted by Gasteiger charge is -2.17. The maximum absolute atomic E-state index is 11.6. The second-order valence-electron chi connectivity index (χ2n) is 3.85. The maximum atomic E-state index is 11.6. The summed E-state index contributed by atoms with van der Waals surface area (Å²) in [5.74, 6) is -0.230. The van der Waals surface area contributed by atoms with E-state index in [9.17, 15) is 9.90 Å². The Bertz CT molecular complexity index is 361. The molecule has 0 saturated carbocycles. The molecule has 0 atom stereocenters. The number of carbonyl (C=O) groups excluding carboxylic acids is 1. The van der Waals surface area contributed by atoms with Crippen LogP contribution in [0.2, 0.25) is 0 Å². The first-order valence-corrected chi connectivity index (χ1v) is 5.29. The molecule has 0 saturated heterocycles. The number of hydrogen-bond acceptors (Lipinski definition) is 3. The minimum Gasteiger partial charge on any atom is -0.389 e. The number of amides is 1. The van der Waals surface area contributed by atoms with Crippen LogP contribution in [0.4, 0.5) is 0 Å². The Labute approximate surface area is 96.8 Å². The molecular formula is C10H13BrN2O2. The first kappa shape index (κ1) is 12.1. The van der Waals surface area contributed by atoms with Gasteiger partial charge in [0.15, 0.2) is 0 Å². The normalized spacial score (nSPS) is 11.2. The summed E-state index contributed by atoms with van der Waals surface area (Å²) in [6.07, 6.45) is 3.10. The summed E-state index contributed by atoms with van der Waals surface area (Å²) < 4.78 is 0.637. The fraction of sp³-hybridized carbons (Fsp3) is 0.400. The first-order valence-electron chi connectivity index (χ1n) is 4.50. The van der Waals surface area contributed by atoms with Crippen molar-refractivity contribution in [3.8, 4) is 0 Å². The fourth-order valence-electron chi connectivity index (χ4n) is 0.951. The van der Waals surface area contributed by atoms with Crippen molar-refractivity contribution < 1.29 is 9.90 Å². The van der Waals surface area contributed by atoms with Crippen LogP contribution in [-0.2, 0) is 0 Å². The zero-order chi connectivity index (χ0) is 11.5. The average Bonchev–Trinajstić information content (AvgIpc) is 2.14. The number of aliphatic hydroxyl groups is 1. The second kappa shape index (κ2) is 4.72. The highest BCUT2D eigenvalue weighted by Gasteiger charge is 2.15. The van der Waals surface area contributed by atoms with Crippen LogP contribution >= 0.6 is 15.9 Å². The molecule has 0 unspecified atom stereocenters. The standard InChI is InChI=1S/C10H13BrN2O2/c1-10(2,15)6-13-9(14)7-3-4-12-5-8(7)11/h3-5,15H,6H2,1-2H3,(H,13,14). The van der Waals surface area contributed by atoms with Crippen LogP contribution in [0.1, 0.15) is 24.2 Å². The third kappa shape index (κ3) is 3.97. The molecular weight excluding hydrogens is 260 g/mol. The molecule has 82 valence electrons. The van der Waals surface area contributed by atoms with E-state index in [1.807, 2.05) is 0 Å². The monoisotopic (exact) mass is 272 g/mol. The molecule has 2 N–H and O–H groups in total. The Balaban J connectivity index is 2.66. The van der Waals surface area contributed by atoms with Crippen LogP contribution in [0.3, 0.4) is 0 Å². The highest BCUT2D eigenvalue weighted by Crippen LogP contribution is 2.14. The smallest absolute Gasteiger partial charge is 0.252 e. The molecule has 0 radical (unpaired) electrons.